The second kappa shape index (κ2) is 4.81. The van der Waals surface area contributed by atoms with Crippen molar-refractivity contribution in [2.45, 2.75) is 46.1 Å². The Hall–Kier alpha value is -2.04. The molecule has 108 valence electrons. The van der Waals surface area contributed by atoms with E-state index < -0.39 is 11.8 Å². The SMILES string of the molecule is Cc1c(C)c2c(c(C)c1OC(=O)O)CCC(C)(C=O)O2. The average Bonchev–Trinajstić information content (AvgIpc) is 2.41. The molecule has 1 N–H and O–H groups in total. The van der Waals surface area contributed by atoms with Gasteiger partial charge in [0.05, 0.1) is 0 Å². The number of carbonyl (C=O) groups is 2. The smallest absolute Gasteiger partial charge is 0.480 e. The van der Waals surface area contributed by atoms with Crippen LogP contribution in [0.3, 0.4) is 0 Å². The molecule has 2 rings (SSSR count). The van der Waals surface area contributed by atoms with Crippen LogP contribution >= 0.6 is 0 Å². The predicted octanol–water partition coefficient (Wildman–Crippen LogP) is 2.95. The number of rotatable bonds is 2. The summed E-state index contributed by atoms with van der Waals surface area (Å²) < 4.78 is 10.7. The lowest BCUT2D eigenvalue weighted by molar-refractivity contribution is -0.121. The first-order chi connectivity index (χ1) is 9.29. The van der Waals surface area contributed by atoms with Crippen molar-refractivity contribution >= 4 is 12.4 Å². The molecule has 0 spiro atoms. The van der Waals surface area contributed by atoms with Gasteiger partial charge in [0.1, 0.15) is 11.5 Å². The molecule has 1 heterocycles. The van der Waals surface area contributed by atoms with Crippen molar-refractivity contribution in [3.05, 3.63) is 22.3 Å². The van der Waals surface area contributed by atoms with E-state index in [1.165, 1.54) is 0 Å². The average molecular weight is 278 g/mol. The topological polar surface area (TPSA) is 72.8 Å². The number of hydrogen-bond donors (Lipinski definition) is 1. The fourth-order valence-corrected chi connectivity index (χ4v) is 2.58. The highest BCUT2D eigenvalue weighted by Gasteiger charge is 2.34. The lowest BCUT2D eigenvalue weighted by atomic mass is 9.88. The summed E-state index contributed by atoms with van der Waals surface area (Å²) in [6, 6.07) is 0. The molecule has 1 atom stereocenters. The third kappa shape index (κ3) is 2.24. The van der Waals surface area contributed by atoms with E-state index >= 15 is 0 Å². The molecule has 1 unspecified atom stereocenters. The van der Waals surface area contributed by atoms with E-state index in [2.05, 4.69) is 0 Å². The maximum atomic E-state index is 11.2. The van der Waals surface area contributed by atoms with Crippen molar-refractivity contribution in [1.29, 1.82) is 0 Å². The fourth-order valence-electron chi connectivity index (χ4n) is 2.58. The zero-order chi connectivity index (χ0) is 15.1. The Morgan fingerprint density at radius 1 is 1.30 bits per heavy atom. The number of benzene rings is 1. The molecule has 20 heavy (non-hydrogen) atoms. The summed E-state index contributed by atoms with van der Waals surface area (Å²) in [6.45, 7) is 7.21. The Kier molecular flexibility index (Phi) is 3.46. The van der Waals surface area contributed by atoms with Crippen LogP contribution in [0.15, 0.2) is 0 Å². The first kappa shape index (κ1) is 14.4. The van der Waals surface area contributed by atoms with Gasteiger partial charge in [-0.25, -0.2) is 4.79 Å². The highest BCUT2D eigenvalue weighted by atomic mass is 16.7. The molecule has 1 aliphatic rings. The number of hydrogen-bond acceptors (Lipinski definition) is 4. The van der Waals surface area contributed by atoms with Gasteiger partial charge in [-0.1, -0.05) is 0 Å². The summed E-state index contributed by atoms with van der Waals surface area (Å²) in [5.41, 5.74) is 2.40. The van der Waals surface area contributed by atoms with Crippen LogP contribution in [0.2, 0.25) is 0 Å². The van der Waals surface area contributed by atoms with Gasteiger partial charge in [-0.05, 0) is 57.2 Å². The Morgan fingerprint density at radius 3 is 2.50 bits per heavy atom. The minimum Gasteiger partial charge on any atom is -0.480 e. The molecule has 1 aromatic carbocycles. The number of carboxylic acid groups (broad SMARTS) is 1. The standard InChI is InChI=1S/C15H18O5/c1-8-9(2)13-11(5-6-15(4,7-16)20-13)10(3)12(8)19-14(17)18/h7H,5-6H2,1-4H3,(H,17,18). The lowest BCUT2D eigenvalue weighted by Gasteiger charge is -2.34. The van der Waals surface area contributed by atoms with E-state index in [0.717, 1.165) is 28.5 Å². The van der Waals surface area contributed by atoms with Crippen LogP contribution in [-0.4, -0.2) is 23.1 Å². The van der Waals surface area contributed by atoms with E-state index in [1.807, 2.05) is 13.8 Å². The van der Waals surface area contributed by atoms with Gasteiger partial charge in [0.15, 0.2) is 11.9 Å². The van der Waals surface area contributed by atoms with E-state index in [9.17, 15) is 9.59 Å². The summed E-state index contributed by atoms with van der Waals surface area (Å²) in [6.07, 6.45) is 0.721. The van der Waals surface area contributed by atoms with E-state index in [1.54, 1.807) is 13.8 Å². The van der Waals surface area contributed by atoms with Crippen LogP contribution in [0.25, 0.3) is 0 Å². The van der Waals surface area contributed by atoms with Gasteiger partial charge in [0.2, 0.25) is 0 Å². The second-order valence-electron chi connectivity index (χ2n) is 5.41. The molecule has 0 aliphatic carbocycles. The molecule has 0 saturated carbocycles. The molecule has 5 nitrogen and oxygen atoms in total. The van der Waals surface area contributed by atoms with Crippen LogP contribution in [-0.2, 0) is 11.2 Å². The Bertz CT molecular complexity index is 591. The van der Waals surface area contributed by atoms with Crippen LogP contribution in [0.4, 0.5) is 4.79 Å². The number of ether oxygens (including phenoxy) is 2. The number of fused-ring (bicyclic) bond motifs is 1. The zero-order valence-corrected chi connectivity index (χ0v) is 12.1. The summed E-state index contributed by atoms with van der Waals surface area (Å²) in [4.78, 5) is 22.0. The number of aldehydes is 1. The van der Waals surface area contributed by atoms with E-state index in [4.69, 9.17) is 14.6 Å². The molecule has 5 heteroatoms. The van der Waals surface area contributed by atoms with Crippen molar-refractivity contribution in [2.24, 2.45) is 0 Å². The maximum absolute atomic E-state index is 11.2. The van der Waals surface area contributed by atoms with Crippen molar-refractivity contribution < 1.29 is 24.2 Å². The monoisotopic (exact) mass is 278 g/mol. The van der Waals surface area contributed by atoms with Crippen molar-refractivity contribution in [2.75, 3.05) is 0 Å². The summed E-state index contributed by atoms with van der Waals surface area (Å²) in [7, 11) is 0. The van der Waals surface area contributed by atoms with Gasteiger partial charge in [-0.2, -0.15) is 0 Å². The lowest BCUT2D eigenvalue weighted by Crippen LogP contribution is -2.38. The normalized spacial score (nSPS) is 20.8. The van der Waals surface area contributed by atoms with Crippen LogP contribution in [0.1, 0.15) is 35.6 Å². The molecular formula is C15H18O5. The van der Waals surface area contributed by atoms with Crippen LogP contribution in [0, 0.1) is 20.8 Å². The van der Waals surface area contributed by atoms with Crippen LogP contribution in [0.5, 0.6) is 11.5 Å². The predicted molar refractivity (Wildman–Crippen MR) is 72.7 cm³/mol. The Morgan fingerprint density at radius 2 is 1.95 bits per heavy atom. The molecule has 0 aromatic heterocycles. The van der Waals surface area contributed by atoms with Gasteiger partial charge in [-0.15, -0.1) is 0 Å². The minimum absolute atomic E-state index is 0.368. The fraction of sp³-hybridized carbons (Fsp3) is 0.467. The van der Waals surface area contributed by atoms with Crippen LogP contribution < -0.4 is 9.47 Å². The number of carbonyl (C=O) groups excluding carboxylic acids is 1. The highest BCUT2D eigenvalue weighted by molar-refractivity contribution is 5.69. The molecule has 0 saturated heterocycles. The van der Waals surface area contributed by atoms with Crippen molar-refractivity contribution in [1.82, 2.24) is 0 Å². The van der Waals surface area contributed by atoms with Crippen molar-refractivity contribution in [3.63, 3.8) is 0 Å². The minimum atomic E-state index is -1.33. The van der Waals surface area contributed by atoms with Gasteiger partial charge in [-0.3, -0.25) is 4.79 Å². The quantitative estimate of drug-likeness (QED) is 0.511. The maximum Gasteiger partial charge on any atom is 0.511 e. The molecule has 0 amide bonds. The summed E-state index contributed by atoms with van der Waals surface area (Å²) in [5.74, 6) is 1.05. The molecule has 0 radical (unpaired) electrons. The molecule has 0 fully saturated rings. The van der Waals surface area contributed by atoms with Gasteiger partial charge in [0.25, 0.3) is 0 Å². The Labute approximate surface area is 117 Å². The highest BCUT2D eigenvalue weighted by Crippen LogP contribution is 2.43. The van der Waals surface area contributed by atoms with E-state index in [-0.39, 0.29) is 0 Å². The zero-order valence-electron chi connectivity index (χ0n) is 12.1. The first-order valence-corrected chi connectivity index (χ1v) is 6.48. The Balaban J connectivity index is 2.59. The van der Waals surface area contributed by atoms with E-state index in [0.29, 0.717) is 24.3 Å². The summed E-state index contributed by atoms with van der Waals surface area (Å²) >= 11 is 0. The molecular weight excluding hydrogens is 260 g/mol. The third-order valence-corrected chi connectivity index (χ3v) is 3.96. The second-order valence-corrected chi connectivity index (χ2v) is 5.41. The largest absolute Gasteiger partial charge is 0.511 e. The van der Waals surface area contributed by atoms with Gasteiger partial charge in [0, 0.05) is 5.56 Å². The molecule has 1 aliphatic heterocycles. The molecule has 1 aromatic rings. The van der Waals surface area contributed by atoms with Crippen molar-refractivity contribution in [3.8, 4) is 11.5 Å². The first-order valence-electron chi connectivity index (χ1n) is 6.48. The van der Waals surface area contributed by atoms with Gasteiger partial charge < -0.3 is 14.6 Å². The third-order valence-electron chi connectivity index (χ3n) is 3.96. The van der Waals surface area contributed by atoms with Gasteiger partial charge >= 0.3 is 6.16 Å². The molecule has 0 bridgehead atoms. The summed E-state index contributed by atoms with van der Waals surface area (Å²) in [5, 5.41) is 8.83.